The molecule has 0 radical (unpaired) electrons. The van der Waals surface area contributed by atoms with Crippen LogP contribution in [0.25, 0.3) is 11.0 Å². The van der Waals surface area contributed by atoms with Crippen molar-refractivity contribution in [2.45, 2.75) is 13.0 Å². The van der Waals surface area contributed by atoms with E-state index in [0.717, 1.165) is 4.47 Å². The van der Waals surface area contributed by atoms with E-state index in [2.05, 4.69) is 36.7 Å². The van der Waals surface area contributed by atoms with Gasteiger partial charge in [-0.3, -0.25) is 4.79 Å². The molecule has 0 saturated heterocycles. The number of H-pyrrole nitrogens is 1. The number of hydrogen-bond donors (Lipinski definition) is 3. The maximum absolute atomic E-state index is 11.9. The summed E-state index contributed by atoms with van der Waals surface area (Å²) < 4.78 is 0.751. The molecule has 0 unspecified atom stereocenters. The zero-order chi connectivity index (χ0) is 12.4. The number of amides is 1. The molecule has 7 heteroatoms. The second kappa shape index (κ2) is 4.80. The van der Waals surface area contributed by atoms with Crippen LogP contribution in [-0.2, 0) is 0 Å². The second-order valence-electron chi connectivity index (χ2n) is 3.70. The minimum Gasteiger partial charge on any atom is -0.392 e. The van der Waals surface area contributed by atoms with E-state index in [9.17, 15) is 4.79 Å². The molecule has 1 aromatic heterocycles. The Kier molecular flexibility index (Phi) is 3.39. The maximum Gasteiger partial charge on any atom is 0.253 e. The molecule has 2 rings (SSSR count). The number of aromatic nitrogens is 3. The first-order valence-electron chi connectivity index (χ1n) is 5.04. The Balaban J connectivity index is 2.33. The van der Waals surface area contributed by atoms with Gasteiger partial charge in [0.25, 0.3) is 5.91 Å². The van der Waals surface area contributed by atoms with Gasteiger partial charge in [-0.25, -0.2) is 0 Å². The van der Waals surface area contributed by atoms with Crippen molar-refractivity contribution in [3.8, 4) is 0 Å². The van der Waals surface area contributed by atoms with Crippen LogP contribution in [-0.4, -0.2) is 39.1 Å². The number of hydrogen-bond acceptors (Lipinski definition) is 4. The van der Waals surface area contributed by atoms with Gasteiger partial charge in [0, 0.05) is 11.0 Å². The average molecular weight is 299 g/mol. The van der Waals surface area contributed by atoms with E-state index in [1.54, 1.807) is 19.1 Å². The van der Waals surface area contributed by atoms with Crippen molar-refractivity contribution in [1.82, 2.24) is 20.7 Å². The molecule has 2 aromatic rings. The van der Waals surface area contributed by atoms with Crippen LogP contribution in [0.2, 0.25) is 0 Å². The Hall–Kier alpha value is -1.47. The van der Waals surface area contributed by atoms with Crippen molar-refractivity contribution in [2.75, 3.05) is 6.54 Å². The first kappa shape index (κ1) is 12.0. The third-order valence-corrected chi connectivity index (χ3v) is 2.65. The van der Waals surface area contributed by atoms with Crippen LogP contribution in [0.15, 0.2) is 16.6 Å². The number of fused-ring (bicyclic) bond motifs is 1. The van der Waals surface area contributed by atoms with Crippen LogP contribution in [0.1, 0.15) is 17.3 Å². The molecule has 0 saturated carbocycles. The van der Waals surface area contributed by atoms with Gasteiger partial charge in [-0.2, -0.15) is 15.4 Å². The predicted molar refractivity (Wildman–Crippen MR) is 65.6 cm³/mol. The molecule has 6 nitrogen and oxygen atoms in total. The van der Waals surface area contributed by atoms with Gasteiger partial charge in [0.05, 0.1) is 11.7 Å². The van der Waals surface area contributed by atoms with Crippen molar-refractivity contribution >= 4 is 32.9 Å². The van der Waals surface area contributed by atoms with Gasteiger partial charge in [0.1, 0.15) is 11.0 Å². The summed E-state index contributed by atoms with van der Waals surface area (Å²) in [6, 6.07) is 3.44. The van der Waals surface area contributed by atoms with Gasteiger partial charge in [-0.05, 0) is 19.1 Å². The van der Waals surface area contributed by atoms with Crippen LogP contribution < -0.4 is 5.32 Å². The molecule has 1 atom stereocenters. The van der Waals surface area contributed by atoms with E-state index in [-0.39, 0.29) is 12.5 Å². The lowest BCUT2D eigenvalue weighted by Gasteiger charge is -2.07. The highest BCUT2D eigenvalue weighted by atomic mass is 79.9. The van der Waals surface area contributed by atoms with Crippen molar-refractivity contribution in [3.05, 3.63) is 22.2 Å². The molecule has 1 heterocycles. The lowest BCUT2D eigenvalue weighted by molar-refractivity contribution is 0.0925. The molecular weight excluding hydrogens is 288 g/mol. The van der Waals surface area contributed by atoms with Crippen LogP contribution in [0.4, 0.5) is 0 Å². The third-order valence-electron chi connectivity index (χ3n) is 2.19. The molecule has 1 aromatic carbocycles. The standard InChI is InChI=1S/C10H11BrN4O2/c1-5(16)4-12-10(17)7-2-6(11)3-8-9(7)14-15-13-8/h2-3,5,16H,4H2,1H3,(H,12,17)(H,13,14,15)/t5-/m1/s1. The van der Waals surface area contributed by atoms with Gasteiger partial charge < -0.3 is 10.4 Å². The van der Waals surface area contributed by atoms with E-state index in [1.165, 1.54) is 0 Å². The second-order valence-corrected chi connectivity index (χ2v) is 4.62. The highest BCUT2D eigenvalue weighted by Gasteiger charge is 2.14. The van der Waals surface area contributed by atoms with E-state index >= 15 is 0 Å². The van der Waals surface area contributed by atoms with E-state index in [4.69, 9.17) is 5.11 Å². The number of halogens is 1. The summed E-state index contributed by atoms with van der Waals surface area (Å²) in [5.74, 6) is -0.286. The summed E-state index contributed by atoms with van der Waals surface area (Å²) in [4.78, 5) is 11.9. The lowest BCUT2D eigenvalue weighted by Crippen LogP contribution is -2.30. The first-order valence-corrected chi connectivity index (χ1v) is 5.83. The van der Waals surface area contributed by atoms with Gasteiger partial charge in [0.15, 0.2) is 0 Å². The van der Waals surface area contributed by atoms with Gasteiger partial charge in [0.2, 0.25) is 0 Å². The number of carbonyl (C=O) groups excluding carboxylic acids is 1. The molecule has 0 fully saturated rings. The fraction of sp³-hybridized carbons (Fsp3) is 0.300. The zero-order valence-corrected chi connectivity index (χ0v) is 10.7. The molecule has 0 bridgehead atoms. The molecule has 0 spiro atoms. The quantitative estimate of drug-likeness (QED) is 0.783. The van der Waals surface area contributed by atoms with E-state index in [1.807, 2.05) is 0 Å². The smallest absolute Gasteiger partial charge is 0.253 e. The topological polar surface area (TPSA) is 90.9 Å². The van der Waals surface area contributed by atoms with Crippen LogP contribution in [0, 0.1) is 0 Å². The summed E-state index contributed by atoms with van der Waals surface area (Å²) in [5, 5.41) is 22.1. The minimum atomic E-state index is -0.584. The summed E-state index contributed by atoms with van der Waals surface area (Å²) in [5.41, 5.74) is 1.54. The molecule has 3 N–H and O–H groups in total. The number of aliphatic hydroxyl groups excluding tert-OH is 1. The number of nitrogens with zero attached hydrogens (tertiary/aromatic N) is 2. The Morgan fingerprint density at radius 2 is 2.35 bits per heavy atom. The van der Waals surface area contributed by atoms with Crippen molar-refractivity contribution in [2.24, 2.45) is 0 Å². The third kappa shape index (κ3) is 2.62. The largest absolute Gasteiger partial charge is 0.392 e. The van der Waals surface area contributed by atoms with Crippen LogP contribution in [0.3, 0.4) is 0 Å². The molecule has 0 aliphatic carbocycles. The zero-order valence-electron chi connectivity index (χ0n) is 9.07. The first-order chi connectivity index (χ1) is 8.08. The Labute approximate surface area is 106 Å². The molecule has 17 heavy (non-hydrogen) atoms. The van der Waals surface area contributed by atoms with Gasteiger partial charge in [-0.1, -0.05) is 15.9 Å². The van der Waals surface area contributed by atoms with Gasteiger partial charge >= 0.3 is 0 Å². The highest BCUT2D eigenvalue weighted by Crippen LogP contribution is 2.20. The average Bonchev–Trinajstić information content (AvgIpc) is 2.72. The Morgan fingerprint density at radius 3 is 3.06 bits per heavy atom. The van der Waals surface area contributed by atoms with Gasteiger partial charge in [-0.15, -0.1) is 0 Å². The van der Waals surface area contributed by atoms with Crippen molar-refractivity contribution < 1.29 is 9.90 Å². The minimum absolute atomic E-state index is 0.199. The molecular formula is C10H11BrN4O2. The number of nitrogens with one attached hydrogen (secondary N) is 2. The van der Waals surface area contributed by atoms with Crippen molar-refractivity contribution in [1.29, 1.82) is 0 Å². The van der Waals surface area contributed by atoms with Crippen LogP contribution >= 0.6 is 15.9 Å². The molecule has 90 valence electrons. The molecule has 1 amide bonds. The summed E-state index contributed by atoms with van der Waals surface area (Å²) >= 11 is 3.31. The summed E-state index contributed by atoms with van der Waals surface area (Å²) in [6.45, 7) is 1.80. The fourth-order valence-corrected chi connectivity index (χ4v) is 1.87. The number of benzene rings is 1. The molecule has 0 aliphatic rings. The highest BCUT2D eigenvalue weighted by molar-refractivity contribution is 9.10. The SMILES string of the molecule is C[C@@H](O)CNC(=O)c1cc(Br)cc2n[nH]nc12. The number of aliphatic hydroxyl groups is 1. The molecule has 0 aliphatic heterocycles. The summed E-state index contributed by atoms with van der Waals surface area (Å²) in [6.07, 6.45) is -0.584. The van der Waals surface area contributed by atoms with E-state index in [0.29, 0.717) is 16.6 Å². The maximum atomic E-state index is 11.9. The number of carbonyl (C=O) groups is 1. The Bertz CT molecular complexity index is 552. The Morgan fingerprint density at radius 1 is 1.59 bits per heavy atom. The van der Waals surface area contributed by atoms with E-state index < -0.39 is 6.10 Å². The lowest BCUT2D eigenvalue weighted by atomic mass is 10.1. The fourth-order valence-electron chi connectivity index (χ4n) is 1.43. The normalized spacial score (nSPS) is 12.6. The number of rotatable bonds is 3. The van der Waals surface area contributed by atoms with Crippen LogP contribution in [0.5, 0.6) is 0 Å². The van der Waals surface area contributed by atoms with Crippen molar-refractivity contribution in [3.63, 3.8) is 0 Å². The predicted octanol–water partition coefficient (Wildman–Crippen LogP) is 0.831. The number of aromatic amines is 1. The summed E-state index contributed by atoms with van der Waals surface area (Å²) in [7, 11) is 0. The monoisotopic (exact) mass is 298 g/mol.